The zero-order valence-corrected chi connectivity index (χ0v) is 6.88. The smallest absolute Gasteiger partial charge is 0.394 e. The molecule has 0 spiro atoms. The lowest BCUT2D eigenvalue weighted by atomic mass is 10.2. The molecule has 0 unspecified atom stereocenters. The van der Waals surface area contributed by atoms with Gasteiger partial charge in [0.05, 0.1) is 12.1 Å². The van der Waals surface area contributed by atoms with Crippen LogP contribution in [-0.2, 0) is 6.42 Å². The molecule has 0 saturated heterocycles. The van der Waals surface area contributed by atoms with Crippen LogP contribution in [0.1, 0.15) is 5.69 Å². The van der Waals surface area contributed by atoms with Crippen LogP contribution >= 0.6 is 0 Å². The maximum atomic E-state index is 12.1. The van der Waals surface area contributed by atoms with Gasteiger partial charge >= 0.3 is 6.18 Å². The molecule has 2 rings (SSSR count). The van der Waals surface area contributed by atoms with E-state index in [4.69, 9.17) is 4.42 Å². The number of rotatable bonds is 1. The van der Waals surface area contributed by atoms with Gasteiger partial charge in [0.1, 0.15) is 5.52 Å². The molecule has 2 aromatic rings. The zero-order valence-electron chi connectivity index (χ0n) is 6.88. The molecule has 74 valence electrons. The molecule has 3 nitrogen and oxygen atoms in total. The van der Waals surface area contributed by atoms with E-state index in [2.05, 4.69) is 9.97 Å². The van der Waals surface area contributed by atoms with Gasteiger partial charge in [-0.25, -0.2) is 4.98 Å². The van der Waals surface area contributed by atoms with Crippen LogP contribution in [0, 0.1) is 0 Å². The van der Waals surface area contributed by atoms with Crippen molar-refractivity contribution < 1.29 is 17.6 Å². The quantitative estimate of drug-likeness (QED) is 0.712. The van der Waals surface area contributed by atoms with Crippen molar-refractivity contribution in [1.29, 1.82) is 0 Å². The fourth-order valence-electron chi connectivity index (χ4n) is 1.17. The van der Waals surface area contributed by atoms with Gasteiger partial charge in [0.15, 0.2) is 12.0 Å². The highest BCUT2D eigenvalue weighted by Crippen LogP contribution is 2.24. The summed E-state index contributed by atoms with van der Waals surface area (Å²) < 4.78 is 41.1. The number of hydrogen-bond donors (Lipinski definition) is 0. The maximum absolute atomic E-state index is 12.1. The Morgan fingerprint density at radius 3 is 2.79 bits per heavy atom. The minimum absolute atomic E-state index is 0.108. The molecule has 2 aromatic heterocycles. The fraction of sp³-hybridized carbons (Fsp3) is 0.250. The molecule has 2 heterocycles. The topological polar surface area (TPSA) is 38.9 Å². The molecule has 0 radical (unpaired) electrons. The molecule has 0 bridgehead atoms. The molecule has 0 saturated carbocycles. The largest absolute Gasteiger partial charge is 0.443 e. The predicted molar refractivity (Wildman–Crippen MR) is 41.6 cm³/mol. The highest BCUT2D eigenvalue weighted by atomic mass is 19.4. The summed E-state index contributed by atoms with van der Waals surface area (Å²) in [5.41, 5.74) is 0.382. The van der Waals surface area contributed by atoms with Gasteiger partial charge in [-0.1, -0.05) is 0 Å². The van der Waals surface area contributed by atoms with Crippen molar-refractivity contribution in [3.63, 3.8) is 0 Å². The molecular weight excluding hydrogens is 197 g/mol. The molecule has 6 heteroatoms. The van der Waals surface area contributed by atoms with Gasteiger partial charge in [-0.3, -0.25) is 4.98 Å². The van der Waals surface area contributed by atoms with Crippen molar-refractivity contribution in [3.8, 4) is 0 Å². The number of halogens is 3. The van der Waals surface area contributed by atoms with Crippen LogP contribution in [0.3, 0.4) is 0 Å². The van der Waals surface area contributed by atoms with E-state index in [-0.39, 0.29) is 11.2 Å². The third kappa shape index (κ3) is 1.68. The van der Waals surface area contributed by atoms with Gasteiger partial charge in [-0.05, 0) is 0 Å². The molecule has 0 aliphatic carbocycles. The van der Waals surface area contributed by atoms with E-state index in [1.54, 1.807) is 0 Å². The average Bonchev–Trinajstić information content (AvgIpc) is 2.49. The van der Waals surface area contributed by atoms with Gasteiger partial charge in [-0.15, -0.1) is 0 Å². The lowest BCUT2D eigenvalue weighted by molar-refractivity contribution is -0.127. The van der Waals surface area contributed by atoms with Crippen LogP contribution < -0.4 is 0 Å². The maximum Gasteiger partial charge on any atom is 0.394 e. The lowest BCUT2D eigenvalue weighted by Gasteiger charge is -2.04. The van der Waals surface area contributed by atoms with Crippen molar-refractivity contribution in [2.45, 2.75) is 12.6 Å². The van der Waals surface area contributed by atoms with E-state index < -0.39 is 12.6 Å². The van der Waals surface area contributed by atoms with Crippen molar-refractivity contribution in [2.24, 2.45) is 0 Å². The van der Waals surface area contributed by atoms with Crippen LogP contribution in [0.4, 0.5) is 13.2 Å². The Balaban J connectivity index is 2.46. The van der Waals surface area contributed by atoms with Gasteiger partial charge in [-0.2, -0.15) is 13.2 Å². The Hall–Kier alpha value is -1.59. The second-order valence-corrected chi connectivity index (χ2v) is 2.75. The highest BCUT2D eigenvalue weighted by molar-refractivity contribution is 5.74. The highest BCUT2D eigenvalue weighted by Gasteiger charge is 2.29. The standard InChI is InChI=1S/C8H5F3N2O/c9-8(10,11)3-5-7-6(1-2-12-5)14-4-13-7/h1-2,4H,3H2. The normalized spacial score (nSPS) is 12.2. The van der Waals surface area contributed by atoms with Gasteiger partial charge in [0, 0.05) is 12.3 Å². The predicted octanol–water partition coefficient (Wildman–Crippen LogP) is 2.33. The minimum Gasteiger partial charge on any atom is -0.443 e. The Morgan fingerprint density at radius 2 is 2.07 bits per heavy atom. The molecule has 0 fully saturated rings. The van der Waals surface area contributed by atoms with E-state index in [1.807, 2.05) is 0 Å². The van der Waals surface area contributed by atoms with E-state index >= 15 is 0 Å². The van der Waals surface area contributed by atoms with Crippen LogP contribution in [0.25, 0.3) is 11.1 Å². The second kappa shape index (κ2) is 2.97. The van der Waals surface area contributed by atoms with E-state index in [0.29, 0.717) is 5.58 Å². The molecule has 0 amide bonds. The van der Waals surface area contributed by atoms with Crippen LogP contribution in [0.5, 0.6) is 0 Å². The molecule has 0 atom stereocenters. The molecule has 14 heavy (non-hydrogen) atoms. The number of pyridine rings is 1. The third-order valence-corrected chi connectivity index (χ3v) is 1.69. The summed E-state index contributed by atoms with van der Waals surface area (Å²) in [4.78, 5) is 7.30. The van der Waals surface area contributed by atoms with E-state index in [9.17, 15) is 13.2 Å². The van der Waals surface area contributed by atoms with Gasteiger partial charge in [0.2, 0.25) is 0 Å². The first-order valence-corrected chi connectivity index (χ1v) is 3.80. The van der Waals surface area contributed by atoms with Gasteiger partial charge in [0.25, 0.3) is 0 Å². The number of alkyl halides is 3. The lowest BCUT2D eigenvalue weighted by Crippen LogP contribution is -2.13. The second-order valence-electron chi connectivity index (χ2n) is 2.75. The zero-order chi connectivity index (χ0) is 10.2. The van der Waals surface area contributed by atoms with Gasteiger partial charge < -0.3 is 4.42 Å². The van der Waals surface area contributed by atoms with E-state index in [1.165, 1.54) is 12.3 Å². The summed E-state index contributed by atoms with van der Waals surface area (Å²) in [5, 5.41) is 0. The van der Waals surface area contributed by atoms with Crippen LogP contribution in [-0.4, -0.2) is 16.1 Å². The molecule has 0 N–H and O–H groups in total. The Kier molecular flexibility index (Phi) is 1.90. The van der Waals surface area contributed by atoms with Crippen LogP contribution in [0.15, 0.2) is 23.1 Å². The fourth-order valence-corrected chi connectivity index (χ4v) is 1.17. The number of aromatic nitrogens is 2. The Labute approximate surface area is 76.6 Å². The number of hydrogen-bond acceptors (Lipinski definition) is 3. The number of oxazole rings is 1. The first-order valence-electron chi connectivity index (χ1n) is 3.80. The van der Waals surface area contributed by atoms with Crippen molar-refractivity contribution >= 4 is 11.1 Å². The first kappa shape index (κ1) is 8.98. The monoisotopic (exact) mass is 202 g/mol. The summed E-state index contributed by atoms with van der Waals surface area (Å²) in [6.45, 7) is 0. The Bertz CT molecular complexity index is 449. The summed E-state index contributed by atoms with van der Waals surface area (Å²) in [7, 11) is 0. The van der Waals surface area contributed by atoms with E-state index in [0.717, 1.165) is 6.39 Å². The summed E-state index contributed by atoms with van der Waals surface area (Å²) >= 11 is 0. The summed E-state index contributed by atoms with van der Waals surface area (Å²) in [6.07, 6.45) is -2.99. The van der Waals surface area contributed by atoms with Crippen molar-refractivity contribution in [3.05, 3.63) is 24.4 Å². The molecular formula is C8H5F3N2O. The molecule has 0 aromatic carbocycles. The molecule has 0 aliphatic rings. The summed E-state index contributed by atoms with van der Waals surface area (Å²) in [5.74, 6) is 0. The first-order chi connectivity index (χ1) is 6.56. The number of fused-ring (bicyclic) bond motifs is 1. The third-order valence-electron chi connectivity index (χ3n) is 1.69. The minimum atomic E-state index is -4.28. The van der Waals surface area contributed by atoms with Crippen LogP contribution in [0.2, 0.25) is 0 Å². The van der Waals surface area contributed by atoms with Crippen molar-refractivity contribution in [2.75, 3.05) is 0 Å². The Morgan fingerprint density at radius 1 is 1.29 bits per heavy atom. The average molecular weight is 202 g/mol. The van der Waals surface area contributed by atoms with Crippen molar-refractivity contribution in [1.82, 2.24) is 9.97 Å². The summed E-state index contributed by atoms with van der Waals surface area (Å²) in [6, 6.07) is 1.47. The SMILES string of the molecule is FC(F)(F)Cc1nccc2ocnc12. The molecule has 0 aliphatic heterocycles. The number of nitrogens with zero attached hydrogens (tertiary/aromatic N) is 2.